The molecule has 4 rings (SSSR count). The Balaban J connectivity index is 1.83. The van der Waals surface area contributed by atoms with E-state index in [1.807, 2.05) is 6.07 Å². The molecule has 3 aromatic rings. The van der Waals surface area contributed by atoms with Crippen LogP contribution in [0.2, 0.25) is 0 Å². The van der Waals surface area contributed by atoms with Gasteiger partial charge in [-0.05, 0) is 42.9 Å². The molecule has 2 aromatic heterocycles. The second kappa shape index (κ2) is 7.53. The summed E-state index contributed by atoms with van der Waals surface area (Å²) in [4.78, 5) is 4.26. The zero-order valence-corrected chi connectivity index (χ0v) is 16.9. The molecule has 10 heteroatoms. The Labute approximate surface area is 167 Å². The van der Waals surface area contributed by atoms with Gasteiger partial charge >= 0.3 is 0 Å². The van der Waals surface area contributed by atoms with E-state index in [-0.39, 0.29) is 39.9 Å². The summed E-state index contributed by atoms with van der Waals surface area (Å²) in [6.07, 6.45) is 3.43. The summed E-state index contributed by atoms with van der Waals surface area (Å²) >= 11 is 0. The molecule has 0 aliphatic heterocycles. The van der Waals surface area contributed by atoms with E-state index in [0.29, 0.717) is 12.1 Å². The van der Waals surface area contributed by atoms with Crippen molar-refractivity contribution in [1.82, 2.24) is 10.1 Å². The highest BCUT2D eigenvalue weighted by Crippen LogP contribution is 2.37. The van der Waals surface area contributed by atoms with Gasteiger partial charge in [0.1, 0.15) is 16.0 Å². The van der Waals surface area contributed by atoms with Gasteiger partial charge in [-0.3, -0.25) is 4.72 Å². The van der Waals surface area contributed by atoms with Gasteiger partial charge < -0.3 is 19.1 Å². The van der Waals surface area contributed by atoms with Gasteiger partial charge in [0.05, 0.1) is 26.5 Å². The molecule has 0 bridgehead atoms. The minimum atomic E-state index is -4.03. The highest BCUT2D eigenvalue weighted by atomic mass is 32.2. The monoisotopic (exact) mass is 419 g/mol. The predicted octanol–water partition coefficient (Wildman–Crippen LogP) is 2.41. The number of aromatic nitrogens is 2. The van der Waals surface area contributed by atoms with Crippen LogP contribution >= 0.6 is 0 Å². The van der Waals surface area contributed by atoms with E-state index < -0.39 is 10.0 Å². The fraction of sp³-hybridized carbons (Fsp3) is 0.368. The minimum absolute atomic E-state index is 0.0377. The molecule has 29 heavy (non-hydrogen) atoms. The van der Waals surface area contributed by atoms with Crippen LogP contribution in [0.3, 0.4) is 0 Å². The molecule has 0 saturated carbocycles. The number of hydrogen-bond donors (Lipinski definition) is 2. The van der Waals surface area contributed by atoms with E-state index in [0.717, 1.165) is 30.4 Å². The van der Waals surface area contributed by atoms with Crippen LogP contribution in [0.5, 0.6) is 11.6 Å². The van der Waals surface area contributed by atoms with Crippen molar-refractivity contribution < 1.29 is 27.5 Å². The molecule has 2 heterocycles. The van der Waals surface area contributed by atoms with Crippen LogP contribution in [-0.2, 0) is 29.5 Å². The smallest absolute Gasteiger partial charge is 0.267 e. The van der Waals surface area contributed by atoms with Crippen molar-refractivity contribution in [3.63, 3.8) is 0 Å². The van der Waals surface area contributed by atoms with Gasteiger partial charge in [-0.1, -0.05) is 11.2 Å². The minimum Gasteiger partial charge on any atom is -0.495 e. The third kappa shape index (κ3) is 3.38. The molecule has 0 saturated heterocycles. The van der Waals surface area contributed by atoms with E-state index in [1.54, 1.807) is 6.07 Å². The van der Waals surface area contributed by atoms with Crippen LogP contribution in [0, 0.1) is 0 Å². The van der Waals surface area contributed by atoms with Gasteiger partial charge in [0.15, 0.2) is 11.4 Å². The number of pyridine rings is 1. The molecule has 9 nitrogen and oxygen atoms in total. The first-order valence-corrected chi connectivity index (χ1v) is 10.6. The number of benzene rings is 1. The third-order valence-electron chi connectivity index (χ3n) is 4.99. The number of methoxy groups -OCH3 is 2. The summed E-state index contributed by atoms with van der Waals surface area (Å²) in [6, 6.07) is 5.07. The number of aryl methyl sites for hydroxylation is 1. The Bertz CT molecular complexity index is 1170. The predicted molar refractivity (Wildman–Crippen MR) is 105 cm³/mol. The van der Waals surface area contributed by atoms with E-state index in [9.17, 15) is 13.5 Å². The summed E-state index contributed by atoms with van der Waals surface area (Å²) < 4.78 is 45.0. The zero-order chi connectivity index (χ0) is 20.6. The van der Waals surface area contributed by atoms with Crippen molar-refractivity contribution in [2.75, 3.05) is 18.9 Å². The molecule has 1 aromatic carbocycles. The second-order valence-electron chi connectivity index (χ2n) is 6.73. The van der Waals surface area contributed by atoms with E-state index in [2.05, 4.69) is 14.9 Å². The average Bonchev–Trinajstić information content (AvgIpc) is 3.13. The van der Waals surface area contributed by atoms with Gasteiger partial charge in [0.2, 0.25) is 5.88 Å². The lowest BCUT2D eigenvalue weighted by atomic mass is 9.91. The van der Waals surface area contributed by atoms with Crippen molar-refractivity contribution in [2.45, 2.75) is 37.2 Å². The van der Waals surface area contributed by atoms with Crippen molar-refractivity contribution in [3.05, 3.63) is 35.0 Å². The topological polar surface area (TPSA) is 124 Å². The maximum atomic E-state index is 13.3. The lowest BCUT2D eigenvalue weighted by Crippen LogP contribution is -2.19. The van der Waals surface area contributed by atoms with Crippen LogP contribution in [-0.4, -0.2) is 37.9 Å². The van der Waals surface area contributed by atoms with Crippen molar-refractivity contribution >= 4 is 26.8 Å². The third-order valence-corrected chi connectivity index (χ3v) is 6.44. The van der Waals surface area contributed by atoms with Crippen LogP contribution in [0.4, 0.5) is 5.82 Å². The fourth-order valence-corrected chi connectivity index (χ4v) is 5.15. The van der Waals surface area contributed by atoms with Crippen molar-refractivity contribution in [1.29, 1.82) is 0 Å². The van der Waals surface area contributed by atoms with E-state index in [4.69, 9.17) is 14.0 Å². The van der Waals surface area contributed by atoms with Gasteiger partial charge in [-0.15, -0.1) is 0 Å². The molecule has 0 fully saturated rings. The number of sulfonamides is 1. The van der Waals surface area contributed by atoms with Crippen LogP contribution in [0.1, 0.15) is 29.7 Å². The standard InChI is InChI=1S/C19H21N3O6S/c1-26-14-8-7-11-5-3-4-6-13(11)17(14)29(24,25)22-18-16-15(28-21-18)9-12(10-23)20-19(16)27-2/h7-9,23H,3-6,10H2,1-2H3,(H,21,22). The molecule has 0 amide bonds. The number of rotatable bonds is 6. The van der Waals surface area contributed by atoms with Crippen molar-refractivity contribution in [2.24, 2.45) is 0 Å². The summed E-state index contributed by atoms with van der Waals surface area (Å²) in [6.45, 7) is -0.318. The Morgan fingerprint density at radius 3 is 2.72 bits per heavy atom. The maximum absolute atomic E-state index is 13.3. The number of aliphatic hydroxyl groups is 1. The molecule has 1 aliphatic carbocycles. The second-order valence-corrected chi connectivity index (χ2v) is 8.35. The number of hydrogen-bond acceptors (Lipinski definition) is 8. The van der Waals surface area contributed by atoms with E-state index >= 15 is 0 Å². The molecular weight excluding hydrogens is 398 g/mol. The fourth-order valence-electron chi connectivity index (χ4n) is 3.68. The summed E-state index contributed by atoms with van der Waals surface area (Å²) in [7, 11) is -1.19. The number of nitrogens with zero attached hydrogens (tertiary/aromatic N) is 2. The number of fused-ring (bicyclic) bond motifs is 2. The molecule has 0 radical (unpaired) electrons. The largest absolute Gasteiger partial charge is 0.495 e. The van der Waals surface area contributed by atoms with Gasteiger partial charge in [-0.2, -0.15) is 0 Å². The number of ether oxygens (including phenoxy) is 2. The average molecular weight is 419 g/mol. The lowest BCUT2D eigenvalue weighted by Gasteiger charge is -2.21. The first kappa shape index (κ1) is 19.5. The van der Waals surface area contributed by atoms with Crippen LogP contribution in [0.25, 0.3) is 11.0 Å². The molecule has 154 valence electrons. The Morgan fingerprint density at radius 1 is 1.21 bits per heavy atom. The van der Waals surface area contributed by atoms with Gasteiger partial charge in [-0.25, -0.2) is 13.4 Å². The van der Waals surface area contributed by atoms with E-state index in [1.165, 1.54) is 20.3 Å². The molecule has 1 aliphatic rings. The molecular formula is C19H21N3O6S. The SMILES string of the molecule is COc1ccc2c(c1S(=O)(=O)Nc1noc3cc(CO)nc(OC)c13)CCCC2. The Morgan fingerprint density at radius 2 is 2.00 bits per heavy atom. The Hall–Kier alpha value is -2.85. The number of nitrogens with one attached hydrogen (secondary N) is 1. The summed E-state index contributed by atoms with van der Waals surface area (Å²) in [5.41, 5.74) is 2.34. The molecule has 0 unspecified atom stereocenters. The summed E-state index contributed by atoms with van der Waals surface area (Å²) in [5.74, 6) is 0.343. The lowest BCUT2D eigenvalue weighted by molar-refractivity contribution is 0.274. The maximum Gasteiger partial charge on any atom is 0.267 e. The molecule has 2 N–H and O–H groups in total. The first-order valence-electron chi connectivity index (χ1n) is 9.14. The number of anilines is 1. The number of aliphatic hydroxyl groups excluding tert-OH is 1. The summed E-state index contributed by atoms with van der Waals surface area (Å²) in [5, 5.41) is 13.4. The normalized spacial score (nSPS) is 13.9. The highest BCUT2D eigenvalue weighted by molar-refractivity contribution is 7.92. The first-order chi connectivity index (χ1) is 14.0. The van der Waals surface area contributed by atoms with Gasteiger partial charge in [0.25, 0.3) is 10.0 Å². The van der Waals surface area contributed by atoms with Crippen molar-refractivity contribution in [3.8, 4) is 11.6 Å². The van der Waals surface area contributed by atoms with Gasteiger partial charge in [0, 0.05) is 6.07 Å². The molecule has 0 atom stereocenters. The molecule has 0 spiro atoms. The van der Waals surface area contributed by atoms with Crippen LogP contribution < -0.4 is 14.2 Å². The zero-order valence-electron chi connectivity index (χ0n) is 16.1. The highest BCUT2D eigenvalue weighted by Gasteiger charge is 2.29. The Kier molecular flexibility index (Phi) is 5.05. The quantitative estimate of drug-likeness (QED) is 0.624. The van der Waals surface area contributed by atoms with Crippen LogP contribution in [0.15, 0.2) is 27.6 Å².